The Hall–Kier alpha value is -2.96. The molecule has 2 aromatic carbocycles. The van der Waals surface area contributed by atoms with Crippen molar-refractivity contribution < 1.29 is 19.1 Å². The molecule has 0 saturated carbocycles. The van der Waals surface area contributed by atoms with Crippen molar-refractivity contribution in [1.29, 1.82) is 0 Å². The van der Waals surface area contributed by atoms with Crippen molar-refractivity contribution in [2.45, 2.75) is 13.0 Å². The molecule has 0 spiro atoms. The number of carbonyl (C=O) groups excluding carboxylic acids is 2. The Morgan fingerprint density at radius 1 is 0.926 bits per heavy atom. The number of anilines is 1. The Balaban J connectivity index is 1.39. The van der Waals surface area contributed by atoms with Crippen molar-refractivity contribution in [3.63, 3.8) is 0 Å². The van der Waals surface area contributed by atoms with Crippen molar-refractivity contribution in [2.75, 3.05) is 11.9 Å². The largest absolute Gasteiger partial charge is 0.426 e. The van der Waals surface area contributed by atoms with E-state index in [1.54, 1.807) is 30.3 Å². The van der Waals surface area contributed by atoms with Crippen LogP contribution in [0.4, 0.5) is 5.69 Å². The van der Waals surface area contributed by atoms with Crippen molar-refractivity contribution in [3.8, 4) is 5.75 Å². The van der Waals surface area contributed by atoms with E-state index in [0.29, 0.717) is 29.5 Å². The van der Waals surface area contributed by atoms with Crippen LogP contribution in [0.1, 0.15) is 21.7 Å². The predicted molar refractivity (Wildman–Crippen MR) is 105 cm³/mol. The lowest BCUT2D eigenvalue weighted by Crippen LogP contribution is -2.12. The molecule has 0 unspecified atom stereocenters. The molecule has 138 valence electrons. The van der Waals surface area contributed by atoms with Gasteiger partial charge in [-0.3, -0.25) is 9.59 Å². The van der Waals surface area contributed by atoms with E-state index >= 15 is 0 Å². The zero-order valence-electron chi connectivity index (χ0n) is 14.6. The van der Waals surface area contributed by atoms with Gasteiger partial charge in [-0.1, -0.05) is 36.4 Å². The Bertz CT molecular complexity index is 861. The van der Waals surface area contributed by atoms with Crippen molar-refractivity contribution in [2.24, 2.45) is 0 Å². The summed E-state index contributed by atoms with van der Waals surface area (Å²) in [5.74, 6) is -0.0964. The smallest absolute Gasteiger partial charge is 0.313 e. The lowest BCUT2D eigenvalue weighted by Gasteiger charge is -2.07. The monoisotopic (exact) mass is 381 g/mol. The molecular weight excluding hydrogens is 362 g/mol. The molecule has 1 heterocycles. The minimum atomic E-state index is -0.363. The third kappa shape index (κ3) is 6.06. The summed E-state index contributed by atoms with van der Waals surface area (Å²) in [6, 6.07) is 20.0. The molecule has 1 amide bonds. The van der Waals surface area contributed by atoms with Gasteiger partial charge >= 0.3 is 5.97 Å². The van der Waals surface area contributed by atoms with E-state index < -0.39 is 0 Å². The Morgan fingerprint density at radius 3 is 2.41 bits per heavy atom. The average molecular weight is 381 g/mol. The molecule has 0 radical (unpaired) electrons. The predicted octanol–water partition coefficient (Wildman–Crippen LogP) is 4.51. The van der Waals surface area contributed by atoms with E-state index in [9.17, 15) is 9.59 Å². The zero-order valence-corrected chi connectivity index (χ0v) is 15.4. The number of rotatable bonds is 8. The first kappa shape index (κ1) is 18.8. The molecule has 0 bridgehead atoms. The van der Waals surface area contributed by atoms with E-state index in [-0.39, 0.29) is 18.3 Å². The highest BCUT2D eigenvalue weighted by Gasteiger charge is 2.08. The zero-order chi connectivity index (χ0) is 18.9. The molecule has 0 atom stereocenters. The molecule has 5 nitrogen and oxygen atoms in total. The molecule has 3 aromatic rings. The molecule has 27 heavy (non-hydrogen) atoms. The first-order chi connectivity index (χ1) is 13.2. The third-order valence-corrected chi connectivity index (χ3v) is 4.52. The van der Waals surface area contributed by atoms with E-state index in [1.807, 2.05) is 41.8 Å². The maximum Gasteiger partial charge on any atom is 0.313 e. The van der Waals surface area contributed by atoms with Gasteiger partial charge in [0.1, 0.15) is 5.75 Å². The van der Waals surface area contributed by atoms with Crippen LogP contribution in [-0.2, 0) is 16.1 Å². The molecule has 0 aliphatic heterocycles. The van der Waals surface area contributed by atoms with Crippen LogP contribution < -0.4 is 10.1 Å². The van der Waals surface area contributed by atoms with Crippen LogP contribution >= 0.6 is 11.3 Å². The summed E-state index contributed by atoms with van der Waals surface area (Å²) in [7, 11) is 0. The molecule has 0 aliphatic rings. The standard InChI is InChI=1S/C21H19NO4S/c23-20(12-13-25-15-16-5-2-1-3-6-16)26-18-10-8-17(9-11-18)22-21(24)19-7-4-14-27-19/h1-11,14H,12-13,15H2,(H,22,24). The number of hydrogen-bond acceptors (Lipinski definition) is 5. The SMILES string of the molecule is O=C(CCOCc1ccccc1)Oc1ccc(NC(=O)c2cccs2)cc1. The Labute approximate surface area is 161 Å². The van der Waals surface area contributed by atoms with Gasteiger partial charge in [-0.05, 0) is 41.3 Å². The number of benzene rings is 2. The normalized spacial score (nSPS) is 10.4. The fourth-order valence-corrected chi connectivity index (χ4v) is 2.93. The number of nitrogens with one attached hydrogen (secondary N) is 1. The minimum Gasteiger partial charge on any atom is -0.426 e. The van der Waals surface area contributed by atoms with Gasteiger partial charge in [0, 0.05) is 5.69 Å². The molecule has 0 aliphatic carbocycles. The summed E-state index contributed by atoms with van der Waals surface area (Å²) in [4.78, 5) is 24.5. The van der Waals surface area contributed by atoms with E-state index in [2.05, 4.69) is 5.32 Å². The first-order valence-corrected chi connectivity index (χ1v) is 9.36. The van der Waals surface area contributed by atoms with Gasteiger partial charge in [-0.2, -0.15) is 0 Å². The second kappa shape index (κ2) is 9.66. The summed E-state index contributed by atoms with van der Waals surface area (Å²) >= 11 is 1.38. The van der Waals surface area contributed by atoms with Gasteiger partial charge < -0.3 is 14.8 Å². The molecule has 6 heteroatoms. The summed E-state index contributed by atoms with van der Waals surface area (Å²) in [6.45, 7) is 0.759. The Morgan fingerprint density at radius 2 is 1.70 bits per heavy atom. The maximum absolute atomic E-state index is 12.0. The van der Waals surface area contributed by atoms with E-state index in [0.717, 1.165) is 5.56 Å². The summed E-state index contributed by atoms with van der Waals surface area (Å²) in [5, 5.41) is 4.64. The van der Waals surface area contributed by atoms with E-state index in [1.165, 1.54) is 11.3 Å². The second-order valence-electron chi connectivity index (χ2n) is 5.72. The molecule has 0 saturated heterocycles. The summed E-state index contributed by atoms with van der Waals surface area (Å²) < 4.78 is 10.7. The first-order valence-electron chi connectivity index (χ1n) is 8.48. The van der Waals surface area contributed by atoms with Gasteiger partial charge in [-0.25, -0.2) is 0 Å². The highest BCUT2D eigenvalue weighted by molar-refractivity contribution is 7.12. The maximum atomic E-state index is 12.0. The van der Waals surface area contributed by atoms with Crippen LogP contribution in [-0.4, -0.2) is 18.5 Å². The molecular formula is C21H19NO4S. The quantitative estimate of drug-likeness (QED) is 0.354. The average Bonchev–Trinajstić information content (AvgIpc) is 3.23. The molecule has 3 rings (SSSR count). The van der Waals surface area contributed by atoms with Gasteiger partial charge in [0.15, 0.2) is 0 Å². The number of hydrogen-bond donors (Lipinski definition) is 1. The minimum absolute atomic E-state index is 0.162. The number of carbonyl (C=O) groups is 2. The van der Waals surface area contributed by atoms with Crippen molar-refractivity contribution in [1.82, 2.24) is 0 Å². The Kier molecular flexibility index (Phi) is 6.73. The van der Waals surface area contributed by atoms with Gasteiger partial charge in [0.25, 0.3) is 5.91 Å². The highest BCUT2D eigenvalue weighted by atomic mass is 32.1. The van der Waals surface area contributed by atoms with Crippen LogP contribution in [0.25, 0.3) is 0 Å². The topological polar surface area (TPSA) is 64.6 Å². The number of thiophene rings is 1. The van der Waals surface area contributed by atoms with Gasteiger partial charge in [-0.15, -0.1) is 11.3 Å². The van der Waals surface area contributed by atoms with Gasteiger partial charge in [0.2, 0.25) is 0 Å². The van der Waals surface area contributed by atoms with Crippen LogP contribution in [0.3, 0.4) is 0 Å². The molecule has 1 N–H and O–H groups in total. The third-order valence-electron chi connectivity index (χ3n) is 3.65. The van der Waals surface area contributed by atoms with Crippen LogP contribution in [0.15, 0.2) is 72.1 Å². The lowest BCUT2D eigenvalue weighted by atomic mass is 10.2. The van der Waals surface area contributed by atoms with Gasteiger partial charge in [0.05, 0.1) is 24.5 Å². The van der Waals surface area contributed by atoms with Crippen LogP contribution in [0.2, 0.25) is 0 Å². The fraction of sp³-hybridized carbons (Fsp3) is 0.143. The van der Waals surface area contributed by atoms with E-state index in [4.69, 9.17) is 9.47 Å². The fourth-order valence-electron chi connectivity index (χ4n) is 2.31. The highest BCUT2D eigenvalue weighted by Crippen LogP contribution is 2.18. The van der Waals surface area contributed by atoms with Crippen LogP contribution in [0, 0.1) is 0 Å². The summed E-state index contributed by atoms with van der Waals surface area (Å²) in [5.41, 5.74) is 1.70. The molecule has 0 fully saturated rings. The summed E-state index contributed by atoms with van der Waals surface area (Å²) in [6.07, 6.45) is 0.170. The number of esters is 1. The van der Waals surface area contributed by atoms with Crippen LogP contribution in [0.5, 0.6) is 5.75 Å². The second-order valence-corrected chi connectivity index (χ2v) is 6.67. The number of ether oxygens (including phenoxy) is 2. The lowest BCUT2D eigenvalue weighted by molar-refractivity contribution is -0.135. The molecule has 1 aromatic heterocycles. The van der Waals surface area contributed by atoms with Crippen molar-refractivity contribution in [3.05, 3.63) is 82.6 Å². The number of amides is 1. The van der Waals surface area contributed by atoms with Crippen molar-refractivity contribution >= 4 is 28.9 Å².